The van der Waals surface area contributed by atoms with Gasteiger partial charge in [-0.15, -0.1) is 0 Å². The average molecular weight is 248 g/mol. The molecule has 17 heavy (non-hydrogen) atoms. The van der Waals surface area contributed by atoms with Crippen LogP contribution in [0.25, 0.3) is 0 Å². The first-order valence-electron chi connectivity index (χ1n) is 4.98. The summed E-state index contributed by atoms with van der Waals surface area (Å²) < 4.78 is 5.03. The fraction of sp³-hybridized carbons (Fsp3) is 0.182. The molecule has 0 amide bonds. The van der Waals surface area contributed by atoms with Crippen molar-refractivity contribution in [3.05, 3.63) is 36.2 Å². The van der Waals surface area contributed by atoms with Crippen LogP contribution in [0.5, 0.6) is 5.88 Å². The SMILES string of the molecule is COc1cc(N)nc(SCc2cccnc2)n1. The molecule has 2 aromatic rings. The molecule has 0 atom stereocenters. The van der Waals surface area contributed by atoms with Crippen LogP contribution >= 0.6 is 11.8 Å². The third-order valence-electron chi connectivity index (χ3n) is 2.00. The Morgan fingerprint density at radius 2 is 2.29 bits per heavy atom. The van der Waals surface area contributed by atoms with Gasteiger partial charge in [0.2, 0.25) is 5.88 Å². The highest BCUT2D eigenvalue weighted by Gasteiger charge is 2.04. The van der Waals surface area contributed by atoms with Crippen molar-refractivity contribution in [2.45, 2.75) is 10.9 Å². The Morgan fingerprint density at radius 1 is 1.41 bits per heavy atom. The zero-order valence-corrected chi connectivity index (χ0v) is 10.1. The van der Waals surface area contributed by atoms with Crippen LogP contribution in [0.15, 0.2) is 35.7 Å². The Labute approximate surface area is 103 Å². The summed E-state index contributed by atoms with van der Waals surface area (Å²) in [5, 5.41) is 0.603. The van der Waals surface area contributed by atoms with E-state index in [1.54, 1.807) is 19.4 Å². The molecule has 6 heteroatoms. The van der Waals surface area contributed by atoms with Crippen molar-refractivity contribution >= 4 is 17.6 Å². The van der Waals surface area contributed by atoms with Crippen molar-refractivity contribution in [3.8, 4) is 5.88 Å². The number of thioether (sulfide) groups is 1. The minimum absolute atomic E-state index is 0.408. The molecule has 0 aliphatic heterocycles. The van der Waals surface area contributed by atoms with Crippen molar-refractivity contribution in [1.29, 1.82) is 0 Å². The van der Waals surface area contributed by atoms with E-state index >= 15 is 0 Å². The number of rotatable bonds is 4. The quantitative estimate of drug-likeness (QED) is 0.656. The molecule has 2 aromatic heterocycles. The summed E-state index contributed by atoms with van der Waals surface area (Å²) in [5.74, 6) is 1.64. The highest BCUT2D eigenvalue weighted by atomic mass is 32.2. The van der Waals surface area contributed by atoms with Gasteiger partial charge in [0.25, 0.3) is 0 Å². The van der Waals surface area contributed by atoms with Gasteiger partial charge in [-0.05, 0) is 11.6 Å². The standard InChI is InChI=1S/C11H12N4OS/c1-16-10-5-9(12)14-11(15-10)17-7-8-3-2-4-13-6-8/h2-6H,7H2,1H3,(H2,12,14,15). The Hall–Kier alpha value is -1.82. The number of anilines is 1. The molecule has 2 N–H and O–H groups in total. The Balaban J connectivity index is 2.06. The van der Waals surface area contributed by atoms with E-state index in [1.807, 2.05) is 18.3 Å². The number of hydrogen-bond donors (Lipinski definition) is 1. The van der Waals surface area contributed by atoms with Crippen LogP contribution in [0.2, 0.25) is 0 Å². The van der Waals surface area contributed by atoms with E-state index in [9.17, 15) is 0 Å². The van der Waals surface area contributed by atoms with Crippen LogP contribution in [0, 0.1) is 0 Å². The van der Waals surface area contributed by atoms with Crippen LogP contribution in [0.3, 0.4) is 0 Å². The molecule has 0 saturated heterocycles. The summed E-state index contributed by atoms with van der Waals surface area (Å²) in [6.07, 6.45) is 3.56. The molecule has 88 valence electrons. The van der Waals surface area contributed by atoms with Crippen molar-refractivity contribution in [2.24, 2.45) is 0 Å². The van der Waals surface area contributed by atoms with Crippen LogP contribution in [0.1, 0.15) is 5.56 Å². The van der Waals surface area contributed by atoms with Gasteiger partial charge in [0.05, 0.1) is 7.11 Å². The maximum Gasteiger partial charge on any atom is 0.219 e. The van der Waals surface area contributed by atoms with E-state index in [4.69, 9.17) is 10.5 Å². The summed E-state index contributed by atoms with van der Waals surface area (Å²) in [5.41, 5.74) is 6.76. The number of nitrogens with two attached hydrogens (primary N) is 1. The number of hydrogen-bond acceptors (Lipinski definition) is 6. The van der Waals surface area contributed by atoms with Crippen molar-refractivity contribution in [3.63, 3.8) is 0 Å². The number of nitrogen functional groups attached to an aromatic ring is 1. The molecule has 0 spiro atoms. The highest BCUT2D eigenvalue weighted by Crippen LogP contribution is 2.22. The van der Waals surface area contributed by atoms with E-state index in [0.717, 1.165) is 11.3 Å². The minimum atomic E-state index is 0.408. The van der Waals surface area contributed by atoms with Gasteiger partial charge in [-0.2, -0.15) is 4.98 Å². The average Bonchev–Trinajstić information content (AvgIpc) is 2.37. The molecule has 0 saturated carbocycles. The third-order valence-corrected chi connectivity index (χ3v) is 2.92. The summed E-state index contributed by atoms with van der Waals surface area (Å²) in [7, 11) is 1.55. The maximum absolute atomic E-state index is 5.65. The third kappa shape index (κ3) is 3.32. The normalized spacial score (nSPS) is 10.2. The lowest BCUT2D eigenvalue weighted by atomic mass is 10.3. The summed E-state index contributed by atoms with van der Waals surface area (Å²) in [6.45, 7) is 0. The Kier molecular flexibility index (Phi) is 3.77. The van der Waals surface area contributed by atoms with Gasteiger partial charge in [0.1, 0.15) is 5.82 Å². The summed E-state index contributed by atoms with van der Waals surface area (Å²) in [4.78, 5) is 12.4. The Bertz CT molecular complexity index is 492. The van der Waals surface area contributed by atoms with Crippen LogP contribution < -0.4 is 10.5 Å². The van der Waals surface area contributed by atoms with Gasteiger partial charge in [-0.1, -0.05) is 17.8 Å². The zero-order valence-electron chi connectivity index (χ0n) is 9.33. The molecular weight excluding hydrogens is 236 g/mol. The molecule has 0 aliphatic carbocycles. The molecule has 0 fully saturated rings. The van der Waals surface area contributed by atoms with E-state index in [2.05, 4.69) is 15.0 Å². The number of nitrogens with zero attached hydrogens (tertiary/aromatic N) is 3. The molecule has 2 rings (SSSR count). The van der Waals surface area contributed by atoms with E-state index in [-0.39, 0.29) is 0 Å². The van der Waals surface area contributed by atoms with E-state index < -0.39 is 0 Å². The molecule has 5 nitrogen and oxygen atoms in total. The second kappa shape index (κ2) is 5.49. The summed E-state index contributed by atoms with van der Waals surface area (Å²) >= 11 is 1.49. The monoisotopic (exact) mass is 248 g/mol. The lowest BCUT2D eigenvalue weighted by Gasteiger charge is -2.04. The second-order valence-corrected chi connectivity index (χ2v) is 4.21. The number of aromatic nitrogens is 3. The molecule has 0 aromatic carbocycles. The number of ether oxygens (including phenoxy) is 1. The second-order valence-electron chi connectivity index (χ2n) is 3.27. The van der Waals surface area contributed by atoms with Crippen LogP contribution in [0.4, 0.5) is 5.82 Å². The predicted octanol–water partition coefficient (Wildman–Crippen LogP) is 1.75. The minimum Gasteiger partial charge on any atom is -0.481 e. The molecule has 2 heterocycles. The van der Waals surface area contributed by atoms with Crippen LogP contribution in [-0.4, -0.2) is 22.1 Å². The molecular formula is C11H12N4OS. The first-order valence-corrected chi connectivity index (χ1v) is 5.97. The lowest BCUT2D eigenvalue weighted by Crippen LogP contribution is -1.97. The predicted molar refractivity (Wildman–Crippen MR) is 66.8 cm³/mol. The lowest BCUT2D eigenvalue weighted by molar-refractivity contribution is 0.393. The fourth-order valence-corrected chi connectivity index (χ4v) is 2.01. The van der Waals surface area contributed by atoms with Crippen molar-refractivity contribution in [1.82, 2.24) is 15.0 Å². The molecule has 0 unspecified atom stereocenters. The smallest absolute Gasteiger partial charge is 0.219 e. The van der Waals surface area contributed by atoms with Gasteiger partial charge in [-0.25, -0.2) is 4.98 Å². The first kappa shape index (κ1) is 11.7. The van der Waals surface area contributed by atoms with Gasteiger partial charge >= 0.3 is 0 Å². The maximum atomic E-state index is 5.65. The Morgan fingerprint density at radius 3 is 3.00 bits per heavy atom. The highest BCUT2D eigenvalue weighted by molar-refractivity contribution is 7.98. The molecule has 0 bridgehead atoms. The number of methoxy groups -OCH3 is 1. The van der Waals surface area contributed by atoms with Gasteiger partial charge in [-0.3, -0.25) is 4.98 Å². The van der Waals surface area contributed by atoms with Gasteiger partial charge in [0, 0.05) is 24.2 Å². The van der Waals surface area contributed by atoms with E-state index in [1.165, 1.54) is 11.8 Å². The first-order chi connectivity index (χ1) is 8.28. The van der Waals surface area contributed by atoms with E-state index in [0.29, 0.717) is 16.9 Å². The summed E-state index contributed by atoms with van der Waals surface area (Å²) in [6, 6.07) is 5.49. The van der Waals surface area contributed by atoms with Gasteiger partial charge in [0.15, 0.2) is 5.16 Å². The molecule has 0 aliphatic rings. The zero-order chi connectivity index (χ0) is 12.1. The van der Waals surface area contributed by atoms with Crippen molar-refractivity contribution in [2.75, 3.05) is 12.8 Å². The topological polar surface area (TPSA) is 73.9 Å². The van der Waals surface area contributed by atoms with Gasteiger partial charge < -0.3 is 10.5 Å². The largest absolute Gasteiger partial charge is 0.481 e. The number of pyridine rings is 1. The fourth-order valence-electron chi connectivity index (χ4n) is 1.22. The molecule has 0 radical (unpaired) electrons. The van der Waals surface area contributed by atoms with Crippen LogP contribution in [-0.2, 0) is 5.75 Å². The van der Waals surface area contributed by atoms with Crippen molar-refractivity contribution < 1.29 is 4.74 Å².